The van der Waals surface area contributed by atoms with Crippen LogP contribution in [0, 0.1) is 0 Å². The van der Waals surface area contributed by atoms with Gasteiger partial charge >= 0.3 is 0 Å². The molecule has 17 heavy (non-hydrogen) atoms. The lowest BCUT2D eigenvalue weighted by atomic mass is 10.2. The van der Waals surface area contributed by atoms with Gasteiger partial charge < -0.3 is 10.7 Å². The maximum absolute atomic E-state index is 11.3. The van der Waals surface area contributed by atoms with Crippen molar-refractivity contribution in [2.45, 2.75) is 0 Å². The standard InChI is InChI=1S/C12H9N3OS/c13-11(16)7-3-1-4-8-10(7)15-12(14-8)9-5-2-6-17-9/h1-6H,(H2,13,16)(H,14,15). The van der Waals surface area contributed by atoms with E-state index in [1.807, 2.05) is 23.6 Å². The van der Waals surface area contributed by atoms with Gasteiger partial charge in [0.05, 0.1) is 16.0 Å². The Balaban J connectivity index is 2.26. The minimum absolute atomic E-state index is 0.446. The van der Waals surface area contributed by atoms with Gasteiger partial charge in [0, 0.05) is 0 Å². The molecule has 1 amide bonds. The molecule has 0 radical (unpaired) electrons. The third kappa shape index (κ3) is 1.60. The molecule has 3 N–H and O–H groups in total. The van der Waals surface area contributed by atoms with E-state index >= 15 is 0 Å². The monoisotopic (exact) mass is 243 g/mol. The summed E-state index contributed by atoms with van der Waals surface area (Å²) >= 11 is 1.60. The summed E-state index contributed by atoms with van der Waals surface area (Å²) in [6, 6.07) is 9.29. The number of hydrogen-bond donors (Lipinski definition) is 2. The number of benzene rings is 1. The summed E-state index contributed by atoms with van der Waals surface area (Å²) in [6.45, 7) is 0. The second kappa shape index (κ2) is 3.71. The Labute approximate surface area is 101 Å². The van der Waals surface area contributed by atoms with E-state index in [0.29, 0.717) is 11.1 Å². The molecule has 0 spiro atoms. The van der Waals surface area contributed by atoms with Crippen LogP contribution in [0.3, 0.4) is 0 Å². The van der Waals surface area contributed by atoms with Crippen LogP contribution in [0.4, 0.5) is 0 Å². The highest BCUT2D eigenvalue weighted by Crippen LogP contribution is 2.25. The molecular weight excluding hydrogens is 234 g/mol. The highest BCUT2D eigenvalue weighted by Gasteiger charge is 2.12. The van der Waals surface area contributed by atoms with Crippen LogP contribution in [-0.2, 0) is 0 Å². The topological polar surface area (TPSA) is 71.8 Å². The zero-order valence-corrected chi connectivity index (χ0v) is 9.62. The molecular formula is C12H9N3OS. The van der Waals surface area contributed by atoms with Crippen molar-refractivity contribution in [3.8, 4) is 10.7 Å². The van der Waals surface area contributed by atoms with Gasteiger partial charge in [0.15, 0.2) is 0 Å². The number of H-pyrrole nitrogens is 1. The SMILES string of the molecule is NC(=O)c1cccc2[nH]c(-c3cccs3)nc12. The average Bonchev–Trinajstić information content (AvgIpc) is 2.96. The number of amides is 1. The van der Waals surface area contributed by atoms with E-state index in [1.54, 1.807) is 23.5 Å². The number of nitrogens with one attached hydrogen (secondary N) is 1. The van der Waals surface area contributed by atoms with Crippen molar-refractivity contribution in [3.05, 3.63) is 41.3 Å². The molecule has 0 atom stereocenters. The van der Waals surface area contributed by atoms with Gasteiger partial charge in [0.25, 0.3) is 5.91 Å². The van der Waals surface area contributed by atoms with Crippen LogP contribution in [0.25, 0.3) is 21.7 Å². The van der Waals surface area contributed by atoms with E-state index in [4.69, 9.17) is 5.73 Å². The number of imidazole rings is 1. The second-order valence-corrected chi connectivity index (χ2v) is 4.58. The van der Waals surface area contributed by atoms with Crippen molar-refractivity contribution in [2.24, 2.45) is 5.73 Å². The van der Waals surface area contributed by atoms with Gasteiger partial charge in [-0.1, -0.05) is 12.1 Å². The number of thiophene rings is 1. The zero-order valence-electron chi connectivity index (χ0n) is 8.81. The first-order chi connectivity index (χ1) is 8.25. The Bertz CT molecular complexity index is 685. The predicted octanol–water partition coefficient (Wildman–Crippen LogP) is 2.39. The Morgan fingerprint density at radius 1 is 1.29 bits per heavy atom. The minimum Gasteiger partial charge on any atom is -0.366 e. The minimum atomic E-state index is -0.458. The average molecular weight is 243 g/mol. The van der Waals surface area contributed by atoms with Gasteiger partial charge in [-0.15, -0.1) is 11.3 Å². The fourth-order valence-electron chi connectivity index (χ4n) is 1.76. The van der Waals surface area contributed by atoms with Gasteiger partial charge in [-0.2, -0.15) is 0 Å². The summed E-state index contributed by atoms with van der Waals surface area (Å²) in [6.07, 6.45) is 0. The first-order valence-electron chi connectivity index (χ1n) is 5.08. The maximum Gasteiger partial charge on any atom is 0.250 e. The Kier molecular flexibility index (Phi) is 2.19. The van der Waals surface area contributed by atoms with Gasteiger partial charge in [-0.25, -0.2) is 4.98 Å². The number of para-hydroxylation sites is 1. The molecule has 1 aromatic carbocycles. The number of nitrogens with zero attached hydrogens (tertiary/aromatic N) is 1. The smallest absolute Gasteiger partial charge is 0.250 e. The van der Waals surface area contributed by atoms with Crippen molar-refractivity contribution < 1.29 is 4.79 Å². The van der Waals surface area contributed by atoms with Crippen molar-refractivity contribution in [2.75, 3.05) is 0 Å². The van der Waals surface area contributed by atoms with Crippen molar-refractivity contribution in [3.63, 3.8) is 0 Å². The van der Waals surface area contributed by atoms with Crippen LogP contribution in [-0.4, -0.2) is 15.9 Å². The Morgan fingerprint density at radius 3 is 2.88 bits per heavy atom. The van der Waals surface area contributed by atoms with Crippen LogP contribution in [0.5, 0.6) is 0 Å². The molecule has 0 aliphatic rings. The molecule has 0 fully saturated rings. The maximum atomic E-state index is 11.3. The highest BCUT2D eigenvalue weighted by molar-refractivity contribution is 7.13. The van der Waals surface area contributed by atoms with E-state index in [1.165, 1.54) is 0 Å². The Hall–Kier alpha value is -2.14. The predicted molar refractivity (Wildman–Crippen MR) is 67.9 cm³/mol. The number of carbonyl (C=O) groups excluding carboxylic acids is 1. The molecule has 2 heterocycles. The molecule has 0 saturated heterocycles. The first kappa shape index (κ1) is 10.0. The number of nitrogens with two attached hydrogens (primary N) is 1. The number of carbonyl (C=O) groups is 1. The molecule has 84 valence electrons. The third-order valence-corrected chi connectivity index (χ3v) is 3.41. The molecule has 0 unspecified atom stereocenters. The van der Waals surface area contributed by atoms with E-state index in [2.05, 4.69) is 9.97 Å². The van der Waals surface area contributed by atoms with Crippen molar-refractivity contribution in [1.29, 1.82) is 0 Å². The number of rotatable bonds is 2. The Morgan fingerprint density at radius 2 is 2.18 bits per heavy atom. The lowest BCUT2D eigenvalue weighted by Crippen LogP contribution is -2.11. The van der Waals surface area contributed by atoms with Gasteiger partial charge in [-0.05, 0) is 23.6 Å². The van der Waals surface area contributed by atoms with Crippen molar-refractivity contribution in [1.82, 2.24) is 9.97 Å². The van der Waals surface area contributed by atoms with Crippen LogP contribution < -0.4 is 5.73 Å². The molecule has 4 nitrogen and oxygen atoms in total. The normalized spacial score (nSPS) is 10.8. The fourth-order valence-corrected chi connectivity index (χ4v) is 2.43. The van der Waals surface area contributed by atoms with Crippen LogP contribution >= 0.6 is 11.3 Å². The number of fused-ring (bicyclic) bond motifs is 1. The summed E-state index contributed by atoms with van der Waals surface area (Å²) in [4.78, 5) is 19.9. The second-order valence-electron chi connectivity index (χ2n) is 3.63. The summed E-state index contributed by atoms with van der Waals surface area (Å²) in [5.41, 5.74) is 7.22. The number of hydrogen-bond acceptors (Lipinski definition) is 3. The van der Waals surface area contributed by atoms with Crippen molar-refractivity contribution >= 4 is 28.3 Å². The van der Waals surface area contributed by atoms with Crippen LogP contribution in [0.2, 0.25) is 0 Å². The fraction of sp³-hybridized carbons (Fsp3) is 0. The number of aromatic nitrogens is 2. The molecule has 0 aliphatic carbocycles. The quantitative estimate of drug-likeness (QED) is 0.725. The number of aromatic amines is 1. The molecule has 0 aliphatic heterocycles. The van der Waals surface area contributed by atoms with Gasteiger partial charge in [-0.3, -0.25) is 4.79 Å². The third-order valence-electron chi connectivity index (χ3n) is 2.53. The molecule has 2 aromatic heterocycles. The van der Waals surface area contributed by atoms with E-state index < -0.39 is 5.91 Å². The van der Waals surface area contributed by atoms with Gasteiger partial charge in [0.1, 0.15) is 11.3 Å². The lowest BCUT2D eigenvalue weighted by Gasteiger charge is -1.94. The zero-order chi connectivity index (χ0) is 11.8. The largest absolute Gasteiger partial charge is 0.366 e. The summed E-state index contributed by atoms with van der Waals surface area (Å²) < 4.78 is 0. The van der Waals surface area contributed by atoms with Crippen LogP contribution in [0.1, 0.15) is 10.4 Å². The summed E-state index contributed by atoms with van der Waals surface area (Å²) in [5.74, 6) is 0.309. The molecule has 3 rings (SSSR count). The summed E-state index contributed by atoms with van der Waals surface area (Å²) in [5, 5.41) is 1.98. The van der Waals surface area contributed by atoms with Gasteiger partial charge in [0.2, 0.25) is 0 Å². The lowest BCUT2D eigenvalue weighted by molar-refractivity contribution is 0.100. The molecule has 3 aromatic rings. The molecule has 5 heteroatoms. The highest BCUT2D eigenvalue weighted by atomic mass is 32.1. The van der Waals surface area contributed by atoms with E-state index in [0.717, 1.165) is 16.2 Å². The van der Waals surface area contributed by atoms with E-state index in [9.17, 15) is 4.79 Å². The molecule has 0 saturated carbocycles. The van der Waals surface area contributed by atoms with E-state index in [-0.39, 0.29) is 0 Å². The first-order valence-corrected chi connectivity index (χ1v) is 5.96. The number of primary amides is 1. The molecule has 0 bridgehead atoms. The summed E-state index contributed by atoms with van der Waals surface area (Å²) in [7, 11) is 0. The van der Waals surface area contributed by atoms with Crippen LogP contribution in [0.15, 0.2) is 35.7 Å².